The van der Waals surface area contributed by atoms with E-state index in [4.69, 9.17) is 10.5 Å². The highest BCUT2D eigenvalue weighted by atomic mass is 16.5. The lowest BCUT2D eigenvalue weighted by atomic mass is 10.0. The Bertz CT molecular complexity index is 501. The van der Waals surface area contributed by atoms with Gasteiger partial charge < -0.3 is 15.4 Å². The van der Waals surface area contributed by atoms with Crippen LogP contribution in [0.3, 0.4) is 0 Å². The van der Waals surface area contributed by atoms with Crippen molar-refractivity contribution in [1.29, 1.82) is 0 Å². The number of carbonyl (C=O) groups excluding carboxylic acids is 1. The fourth-order valence-electron chi connectivity index (χ4n) is 3.20. The number of fused-ring (bicyclic) bond motifs is 1. The number of hydrogen-bond donors (Lipinski definition) is 1. The van der Waals surface area contributed by atoms with Crippen LogP contribution in [0.4, 0.5) is 5.69 Å². The molecule has 19 heavy (non-hydrogen) atoms. The molecule has 2 N–H and O–H groups in total. The van der Waals surface area contributed by atoms with E-state index >= 15 is 0 Å². The lowest BCUT2D eigenvalue weighted by Gasteiger charge is -2.38. The van der Waals surface area contributed by atoms with Gasteiger partial charge in [0.25, 0.3) is 5.91 Å². The quantitative estimate of drug-likeness (QED) is 0.785. The minimum atomic E-state index is 0.102. The number of anilines is 1. The zero-order valence-electron chi connectivity index (χ0n) is 11.3. The molecule has 1 aromatic carbocycles. The molecule has 2 unspecified atom stereocenters. The van der Waals surface area contributed by atoms with Crippen molar-refractivity contribution in [2.45, 2.75) is 38.3 Å². The minimum Gasteiger partial charge on any atom is -0.399 e. The molecule has 1 saturated carbocycles. The second-order valence-corrected chi connectivity index (χ2v) is 5.48. The molecule has 1 amide bonds. The van der Waals surface area contributed by atoms with Gasteiger partial charge in [0.15, 0.2) is 0 Å². The highest BCUT2D eigenvalue weighted by Crippen LogP contribution is 2.31. The van der Waals surface area contributed by atoms with Crippen molar-refractivity contribution >= 4 is 11.6 Å². The summed E-state index contributed by atoms with van der Waals surface area (Å²) < 4.78 is 5.75. The van der Waals surface area contributed by atoms with Gasteiger partial charge in [-0.15, -0.1) is 0 Å². The number of ether oxygens (including phenoxy) is 1. The number of amides is 1. The molecule has 102 valence electrons. The molecule has 1 aliphatic carbocycles. The van der Waals surface area contributed by atoms with Gasteiger partial charge in [-0.05, 0) is 43.9 Å². The Labute approximate surface area is 113 Å². The van der Waals surface area contributed by atoms with Crippen molar-refractivity contribution < 1.29 is 9.53 Å². The second kappa shape index (κ2) is 4.85. The fourth-order valence-corrected chi connectivity index (χ4v) is 3.20. The summed E-state index contributed by atoms with van der Waals surface area (Å²) in [5, 5.41) is 0. The summed E-state index contributed by atoms with van der Waals surface area (Å²) >= 11 is 0. The summed E-state index contributed by atoms with van der Waals surface area (Å²) in [7, 11) is 0. The maximum Gasteiger partial charge on any atom is 0.254 e. The number of rotatable bonds is 1. The number of aryl methyl sites for hydroxylation is 1. The zero-order valence-corrected chi connectivity index (χ0v) is 11.3. The molecule has 1 aromatic rings. The lowest BCUT2D eigenvalue weighted by Crippen LogP contribution is -2.51. The Morgan fingerprint density at radius 2 is 2.26 bits per heavy atom. The van der Waals surface area contributed by atoms with Crippen molar-refractivity contribution in [1.82, 2.24) is 4.90 Å². The van der Waals surface area contributed by atoms with Crippen molar-refractivity contribution in [3.05, 3.63) is 29.3 Å². The lowest BCUT2D eigenvalue weighted by molar-refractivity contribution is -0.0445. The van der Waals surface area contributed by atoms with Crippen LogP contribution in [0.2, 0.25) is 0 Å². The van der Waals surface area contributed by atoms with Crippen LogP contribution in [0, 0.1) is 6.92 Å². The fraction of sp³-hybridized carbons (Fsp3) is 0.533. The summed E-state index contributed by atoms with van der Waals surface area (Å²) in [5.41, 5.74) is 8.17. The first-order chi connectivity index (χ1) is 9.16. The Morgan fingerprint density at radius 3 is 3.11 bits per heavy atom. The van der Waals surface area contributed by atoms with Gasteiger partial charge in [-0.1, -0.05) is 6.07 Å². The van der Waals surface area contributed by atoms with Gasteiger partial charge in [0.05, 0.1) is 18.8 Å². The van der Waals surface area contributed by atoms with Crippen LogP contribution < -0.4 is 5.73 Å². The average molecular weight is 260 g/mol. The largest absolute Gasteiger partial charge is 0.399 e. The molecule has 1 saturated heterocycles. The summed E-state index contributed by atoms with van der Waals surface area (Å²) in [5.74, 6) is 0.102. The molecule has 0 aromatic heterocycles. The number of benzene rings is 1. The molecular weight excluding hydrogens is 240 g/mol. The molecule has 0 spiro atoms. The van der Waals surface area contributed by atoms with Crippen LogP contribution in [-0.2, 0) is 4.74 Å². The number of morpholine rings is 1. The van der Waals surface area contributed by atoms with Crippen molar-refractivity contribution in [3.63, 3.8) is 0 Å². The van der Waals surface area contributed by atoms with Gasteiger partial charge in [0, 0.05) is 17.8 Å². The van der Waals surface area contributed by atoms with Crippen LogP contribution >= 0.6 is 0 Å². The van der Waals surface area contributed by atoms with Crippen LogP contribution in [0.25, 0.3) is 0 Å². The summed E-state index contributed by atoms with van der Waals surface area (Å²) in [4.78, 5) is 14.7. The van der Waals surface area contributed by atoms with Gasteiger partial charge in [0.1, 0.15) is 0 Å². The highest BCUT2D eigenvalue weighted by molar-refractivity contribution is 5.96. The van der Waals surface area contributed by atoms with E-state index in [9.17, 15) is 4.79 Å². The summed E-state index contributed by atoms with van der Waals surface area (Å²) in [6.07, 6.45) is 3.51. The highest BCUT2D eigenvalue weighted by Gasteiger charge is 2.38. The monoisotopic (exact) mass is 260 g/mol. The number of nitrogen functional groups attached to an aromatic ring is 1. The average Bonchev–Trinajstić information content (AvgIpc) is 2.89. The van der Waals surface area contributed by atoms with E-state index in [1.807, 2.05) is 24.0 Å². The SMILES string of the molecule is Cc1ccc(N)cc1C(=O)N1CCOC2CCCC21. The van der Waals surface area contributed by atoms with Gasteiger partial charge >= 0.3 is 0 Å². The Kier molecular flexibility index (Phi) is 3.19. The van der Waals surface area contributed by atoms with Crippen molar-refractivity contribution in [3.8, 4) is 0 Å². The Morgan fingerprint density at radius 1 is 1.42 bits per heavy atom. The number of nitrogens with zero attached hydrogens (tertiary/aromatic N) is 1. The predicted molar refractivity (Wildman–Crippen MR) is 74.0 cm³/mol. The van der Waals surface area contributed by atoms with Crippen LogP contribution in [0.5, 0.6) is 0 Å². The maximum absolute atomic E-state index is 12.7. The van der Waals surface area contributed by atoms with Gasteiger partial charge in [0.2, 0.25) is 0 Å². The standard InChI is InChI=1S/C15H20N2O2/c1-10-5-6-11(16)9-12(10)15(18)17-7-8-19-14-4-2-3-13(14)17/h5-6,9,13-14H,2-4,7-8,16H2,1H3. The first kappa shape index (κ1) is 12.5. The van der Waals surface area contributed by atoms with Gasteiger partial charge in [-0.3, -0.25) is 4.79 Å². The normalized spacial score (nSPS) is 26.3. The van der Waals surface area contributed by atoms with Crippen LogP contribution in [-0.4, -0.2) is 36.1 Å². The molecule has 1 heterocycles. The van der Waals surface area contributed by atoms with Crippen LogP contribution in [0.1, 0.15) is 35.2 Å². The predicted octanol–water partition coefficient (Wildman–Crippen LogP) is 1.97. The number of carbonyl (C=O) groups is 1. The minimum absolute atomic E-state index is 0.102. The van der Waals surface area contributed by atoms with E-state index in [1.54, 1.807) is 6.07 Å². The zero-order chi connectivity index (χ0) is 13.4. The first-order valence-corrected chi connectivity index (χ1v) is 6.95. The molecule has 0 radical (unpaired) electrons. The van der Waals surface area contributed by atoms with Crippen molar-refractivity contribution in [2.75, 3.05) is 18.9 Å². The number of nitrogens with two attached hydrogens (primary N) is 1. The molecule has 0 bridgehead atoms. The Balaban J connectivity index is 1.88. The molecule has 3 rings (SSSR count). The van der Waals surface area contributed by atoms with E-state index in [2.05, 4.69) is 0 Å². The topological polar surface area (TPSA) is 55.6 Å². The molecule has 4 nitrogen and oxygen atoms in total. The van der Waals surface area contributed by atoms with Crippen molar-refractivity contribution in [2.24, 2.45) is 0 Å². The third-order valence-electron chi connectivity index (χ3n) is 4.24. The first-order valence-electron chi connectivity index (χ1n) is 6.95. The molecule has 2 aliphatic rings. The smallest absolute Gasteiger partial charge is 0.254 e. The third kappa shape index (κ3) is 2.21. The summed E-state index contributed by atoms with van der Waals surface area (Å²) in [6, 6.07) is 5.79. The van der Waals surface area contributed by atoms with Crippen LogP contribution in [0.15, 0.2) is 18.2 Å². The van der Waals surface area contributed by atoms with E-state index in [0.717, 1.165) is 30.4 Å². The van der Waals surface area contributed by atoms with E-state index in [0.29, 0.717) is 18.8 Å². The molecule has 1 aliphatic heterocycles. The van der Waals surface area contributed by atoms with E-state index < -0.39 is 0 Å². The Hall–Kier alpha value is -1.55. The molecule has 2 fully saturated rings. The van der Waals surface area contributed by atoms with Gasteiger partial charge in [-0.2, -0.15) is 0 Å². The maximum atomic E-state index is 12.7. The van der Waals surface area contributed by atoms with E-state index in [1.165, 1.54) is 0 Å². The summed E-state index contributed by atoms with van der Waals surface area (Å²) in [6.45, 7) is 3.29. The molecular formula is C15H20N2O2. The number of hydrogen-bond acceptors (Lipinski definition) is 3. The second-order valence-electron chi connectivity index (χ2n) is 5.48. The molecule has 4 heteroatoms. The molecule has 2 atom stereocenters. The van der Waals surface area contributed by atoms with Gasteiger partial charge in [-0.25, -0.2) is 0 Å². The van der Waals surface area contributed by atoms with E-state index in [-0.39, 0.29) is 18.1 Å². The third-order valence-corrected chi connectivity index (χ3v) is 4.24.